The molecule has 2 amide bonds. The average molecular weight is 430 g/mol. The smallest absolute Gasteiger partial charge is 0.274 e. The molecule has 0 unspecified atom stereocenters. The van der Waals surface area contributed by atoms with E-state index in [0.717, 1.165) is 5.69 Å². The normalized spacial score (nSPS) is 19.8. The Hall–Kier alpha value is -2.91. The molecule has 9 nitrogen and oxygen atoms in total. The van der Waals surface area contributed by atoms with Crippen molar-refractivity contribution in [3.63, 3.8) is 0 Å². The maximum absolute atomic E-state index is 13.4. The topological polar surface area (TPSA) is 109 Å². The number of carbonyl (C=O) groups is 2. The number of rotatable bonds is 6. The zero-order valence-corrected chi connectivity index (χ0v) is 18.7. The minimum Gasteiger partial charge on any atom is -0.486 e. The van der Waals surface area contributed by atoms with Crippen LogP contribution in [0.1, 0.15) is 40.4 Å². The molecule has 0 bridgehead atoms. The highest BCUT2D eigenvalue weighted by Crippen LogP contribution is 2.35. The highest BCUT2D eigenvalue weighted by molar-refractivity contribution is 6.06. The van der Waals surface area contributed by atoms with Crippen molar-refractivity contribution in [2.75, 3.05) is 32.1 Å². The number of amides is 2. The van der Waals surface area contributed by atoms with Gasteiger partial charge in [-0.25, -0.2) is 0 Å². The van der Waals surface area contributed by atoms with Crippen molar-refractivity contribution in [3.05, 3.63) is 41.2 Å². The van der Waals surface area contributed by atoms with Gasteiger partial charge >= 0.3 is 0 Å². The molecule has 1 aliphatic heterocycles. The minimum absolute atomic E-state index is 0.00188. The number of nitrogens with zero attached hydrogens (tertiary/aromatic N) is 3. The molecule has 2 heterocycles. The van der Waals surface area contributed by atoms with E-state index in [0.29, 0.717) is 35.8 Å². The Labute approximate surface area is 182 Å². The van der Waals surface area contributed by atoms with E-state index in [1.807, 2.05) is 27.8 Å². The first-order valence-electron chi connectivity index (χ1n) is 10.4. The first kappa shape index (κ1) is 22.8. The van der Waals surface area contributed by atoms with Gasteiger partial charge in [-0.3, -0.25) is 14.3 Å². The van der Waals surface area contributed by atoms with Crippen LogP contribution in [0.15, 0.2) is 24.3 Å². The summed E-state index contributed by atoms with van der Waals surface area (Å²) in [4.78, 5) is 27.9. The molecule has 0 radical (unpaired) electrons. The fourth-order valence-corrected chi connectivity index (χ4v) is 3.80. The predicted octanol–water partition coefficient (Wildman–Crippen LogP) is 1.42. The number of anilines is 1. The Morgan fingerprint density at radius 1 is 1.42 bits per heavy atom. The van der Waals surface area contributed by atoms with Crippen molar-refractivity contribution in [3.8, 4) is 5.75 Å². The number of likely N-dealkylation sites (N-methyl/N-ethyl adjacent to an activating group) is 1. The van der Waals surface area contributed by atoms with Crippen molar-refractivity contribution >= 4 is 17.5 Å². The quantitative estimate of drug-likeness (QED) is 0.641. The summed E-state index contributed by atoms with van der Waals surface area (Å²) in [5, 5.41) is 19.9. The molecule has 1 aromatic heterocycles. The summed E-state index contributed by atoms with van der Waals surface area (Å²) >= 11 is 0. The summed E-state index contributed by atoms with van der Waals surface area (Å²) in [6, 6.07) is 6.47. The molecule has 168 valence electrons. The van der Waals surface area contributed by atoms with Crippen LogP contribution in [-0.2, 0) is 7.05 Å². The second-order valence-corrected chi connectivity index (χ2v) is 8.11. The number of aliphatic hydroxyl groups excluding tert-OH is 1. The van der Waals surface area contributed by atoms with Gasteiger partial charge in [-0.2, -0.15) is 5.10 Å². The Balaban J connectivity index is 2.04. The van der Waals surface area contributed by atoms with Gasteiger partial charge in [-0.15, -0.1) is 0 Å². The van der Waals surface area contributed by atoms with Crippen LogP contribution in [0.3, 0.4) is 0 Å². The molecular weight excluding hydrogens is 398 g/mol. The summed E-state index contributed by atoms with van der Waals surface area (Å²) in [5.41, 5.74) is 1.91. The number of fused-ring (bicyclic) bond motifs is 1. The van der Waals surface area contributed by atoms with Crippen LogP contribution in [0, 0.1) is 12.8 Å². The molecule has 1 aromatic carbocycles. The van der Waals surface area contributed by atoms with Crippen molar-refractivity contribution in [2.45, 2.75) is 32.9 Å². The van der Waals surface area contributed by atoms with Gasteiger partial charge in [0.1, 0.15) is 11.8 Å². The third-order valence-corrected chi connectivity index (χ3v) is 5.58. The lowest BCUT2D eigenvalue weighted by molar-refractivity contribution is 0.0417. The first-order valence-corrected chi connectivity index (χ1v) is 10.4. The Kier molecular flexibility index (Phi) is 6.97. The summed E-state index contributed by atoms with van der Waals surface area (Å²) < 4.78 is 7.83. The van der Waals surface area contributed by atoms with Gasteiger partial charge in [0, 0.05) is 26.1 Å². The monoisotopic (exact) mass is 429 g/mol. The lowest BCUT2D eigenvalue weighted by Crippen LogP contribution is -2.49. The molecular formula is C22H31N5O4. The number of aliphatic hydroxyl groups is 1. The molecule has 0 aliphatic carbocycles. The van der Waals surface area contributed by atoms with Crippen molar-refractivity contribution < 1.29 is 19.4 Å². The molecule has 3 atom stereocenters. The van der Waals surface area contributed by atoms with Crippen molar-refractivity contribution in [1.29, 1.82) is 0 Å². The number of carbonyl (C=O) groups excluding carboxylic acids is 2. The van der Waals surface area contributed by atoms with E-state index in [2.05, 4.69) is 15.7 Å². The highest BCUT2D eigenvalue weighted by atomic mass is 16.5. The number of para-hydroxylation sites is 1. The number of hydrogen-bond acceptors (Lipinski definition) is 6. The van der Waals surface area contributed by atoms with E-state index in [4.69, 9.17) is 4.74 Å². The third kappa shape index (κ3) is 4.72. The summed E-state index contributed by atoms with van der Waals surface area (Å²) in [5.74, 6) is -0.240. The molecule has 3 N–H and O–H groups in total. The summed E-state index contributed by atoms with van der Waals surface area (Å²) in [6.07, 6.45) is -0.234. The zero-order chi connectivity index (χ0) is 22.7. The van der Waals surface area contributed by atoms with E-state index in [1.54, 1.807) is 36.2 Å². The lowest BCUT2D eigenvalue weighted by atomic mass is 9.99. The second kappa shape index (κ2) is 9.49. The average Bonchev–Trinajstić information content (AvgIpc) is 3.08. The van der Waals surface area contributed by atoms with Crippen LogP contribution in [0.25, 0.3) is 0 Å². The van der Waals surface area contributed by atoms with Crippen LogP contribution >= 0.6 is 0 Å². The third-order valence-electron chi connectivity index (χ3n) is 5.58. The molecule has 3 rings (SSSR count). The molecule has 1 aliphatic rings. The summed E-state index contributed by atoms with van der Waals surface area (Å²) in [7, 11) is 3.55. The fraction of sp³-hybridized carbons (Fsp3) is 0.500. The number of aryl methyl sites for hydroxylation is 2. The Morgan fingerprint density at radius 2 is 2.16 bits per heavy atom. The Morgan fingerprint density at radius 3 is 2.77 bits per heavy atom. The van der Waals surface area contributed by atoms with Crippen LogP contribution in [0.5, 0.6) is 5.75 Å². The molecule has 0 saturated carbocycles. The number of benzene rings is 1. The Bertz CT molecular complexity index is 957. The molecule has 0 fully saturated rings. The van der Waals surface area contributed by atoms with E-state index < -0.39 is 0 Å². The van der Waals surface area contributed by atoms with Crippen LogP contribution in [0.4, 0.5) is 5.69 Å². The number of hydrogen-bond donors (Lipinski definition) is 3. The molecule has 9 heteroatoms. The zero-order valence-electron chi connectivity index (χ0n) is 18.7. The van der Waals surface area contributed by atoms with Crippen molar-refractivity contribution in [2.24, 2.45) is 13.0 Å². The summed E-state index contributed by atoms with van der Waals surface area (Å²) in [6.45, 7) is 6.53. The SMILES string of the molecule is CNC[C@@H]1Oc2c(NC(=O)c3cc(C)nn3C)cccc2C(=O)N([C@H](C)CO)C[C@H]1C. The second-order valence-electron chi connectivity index (χ2n) is 8.11. The van der Waals surface area contributed by atoms with E-state index in [1.165, 1.54) is 4.68 Å². The van der Waals surface area contributed by atoms with E-state index in [9.17, 15) is 14.7 Å². The van der Waals surface area contributed by atoms with Crippen LogP contribution in [0.2, 0.25) is 0 Å². The molecule has 31 heavy (non-hydrogen) atoms. The van der Waals surface area contributed by atoms with Gasteiger partial charge in [0.05, 0.1) is 29.6 Å². The van der Waals surface area contributed by atoms with Gasteiger partial charge in [0.15, 0.2) is 5.75 Å². The maximum Gasteiger partial charge on any atom is 0.274 e. The van der Waals surface area contributed by atoms with Gasteiger partial charge in [-0.05, 0) is 39.1 Å². The minimum atomic E-state index is -0.341. The van der Waals surface area contributed by atoms with Crippen LogP contribution in [-0.4, -0.2) is 70.5 Å². The highest BCUT2D eigenvalue weighted by Gasteiger charge is 2.34. The van der Waals surface area contributed by atoms with Crippen molar-refractivity contribution in [1.82, 2.24) is 20.0 Å². The van der Waals surface area contributed by atoms with E-state index in [-0.39, 0.29) is 36.5 Å². The number of aromatic nitrogens is 2. The molecule has 2 aromatic rings. The molecule has 0 saturated heterocycles. The number of ether oxygens (including phenoxy) is 1. The lowest BCUT2D eigenvalue weighted by Gasteiger charge is -2.37. The standard InChI is InChI=1S/C22H31N5O4/c1-13-11-27(15(3)12-28)22(30)16-7-6-8-17(20(16)31-19(13)10-23-4)24-21(29)18-9-14(2)25-26(18)5/h6-9,13,15,19,23,28H,10-12H2,1-5H3,(H,24,29)/t13-,15-,19+/m1/s1. The van der Waals surface area contributed by atoms with Crippen LogP contribution < -0.4 is 15.4 Å². The van der Waals surface area contributed by atoms with Gasteiger partial charge < -0.3 is 25.4 Å². The van der Waals surface area contributed by atoms with E-state index >= 15 is 0 Å². The molecule has 0 spiro atoms. The van der Waals surface area contributed by atoms with Gasteiger partial charge in [0.2, 0.25) is 0 Å². The largest absolute Gasteiger partial charge is 0.486 e. The van der Waals surface area contributed by atoms with Gasteiger partial charge in [-0.1, -0.05) is 13.0 Å². The maximum atomic E-state index is 13.4. The predicted molar refractivity (Wildman–Crippen MR) is 117 cm³/mol. The number of nitrogens with one attached hydrogen (secondary N) is 2. The fourth-order valence-electron chi connectivity index (χ4n) is 3.80. The first-order chi connectivity index (χ1) is 14.8. The van der Waals surface area contributed by atoms with Gasteiger partial charge in [0.25, 0.3) is 11.8 Å².